The average molecular weight is 206 g/mol. The molecule has 0 atom stereocenters. The SMILES string of the molecule is CC(C)N1CC(=O)Nc2cccc(O)c21. The van der Waals surface area contributed by atoms with Crippen LogP contribution in [-0.2, 0) is 4.79 Å². The van der Waals surface area contributed by atoms with Crippen molar-refractivity contribution in [1.29, 1.82) is 0 Å². The van der Waals surface area contributed by atoms with E-state index in [1.54, 1.807) is 18.2 Å². The quantitative estimate of drug-likeness (QED) is 0.733. The smallest absolute Gasteiger partial charge is 0.243 e. The molecule has 0 fully saturated rings. The van der Waals surface area contributed by atoms with Crippen molar-refractivity contribution < 1.29 is 9.90 Å². The van der Waals surface area contributed by atoms with Crippen LogP contribution < -0.4 is 10.2 Å². The number of carbonyl (C=O) groups excluding carboxylic acids is 1. The number of nitrogens with one attached hydrogen (secondary N) is 1. The second-order valence-electron chi connectivity index (χ2n) is 3.94. The molecule has 15 heavy (non-hydrogen) atoms. The molecule has 0 unspecified atom stereocenters. The van der Waals surface area contributed by atoms with Gasteiger partial charge in [-0.25, -0.2) is 0 Å². The fourth-order valence-corrected chi connectivity index (χ4v) is 1.80. The molecule has 4 heteroatoms. The zero-order chi connectivity index (χ0) is 11.0. The molecule has 1 amide bonds. The van der Waals surface area contributed by atoms with E-state index in [2.05, 4.69) is 5.32 Å². The van der Waals surface area contributed by atoms with Gasteiger partial charge < -0.3 is 15.3 Å². The Morgan fingerprint density at radius 3 is 2.87 bits per heavy atom. The summed E-state index contributed by atoms with van der Waals surface area (Å²) < 4.78 is 0. The van der Waals surface area contributed by atoms with Crippen molar-refractivity contribution in [2.45, 2.75) is 19.9 Å². The molecule has 0 aromatic heterocycles. The number of fused-ring (bicyclic) bond motifs is 1. The van der Waals surface area contributed by atoms with Crippen LogP contribution in [0.2, 0.25) is 0 Å². The molecule has 80 valence electrons. The first-order chi connectivity index (χ1) is 7.09. The summed E-state index contributed by atoms with van der Waals surface area (Å²) in [5.74, 6) is 0.169. The van der Waals surface area contributed by atoms with Crippen LogP contribution in [0.5, 0.6) is 5.75 Å². The number of hydrogen-bond acceptors (Lipinski definition) is 3. The number of hydrogen-bond donors (Lipinski definition) is 2. The summed E-state index contributed by atoms with van der Waals surface area (Å²) >= 11 is 0. The molecule has 0 saturated carbocycles. The Morgan fingerprint density at radius 1 is 1.47 bits per heavy atom. The molecule has 1 heterocycles. The van der Waals surface area contributed by atoms with Crippen LogP contribution in [0.15, 0.2) is 18.2 Å². The summed E-state index contributed by atoms with van der Waals surface area (Å²) in [6.07, 6.45) is 0. The van der Waals surface area contributed by atoms with E-state index in [0.29, 0.717) is 17.9 Å². The number of carbonyl (C=O) groups is 1. The van der Waals surface area contributed by atoms with Crippen molar-refractivity contribution in [3.8, 4) is 5.75 Å². The number of phenols is 1. The van der Waals surface area contributed by atoms with Gasteiger partial charge in [-0.05, 0) is 26.0 Å². The van der Waals surface area contributed by atoms with Gasteiger partial charge in [-0.15, -0.1) is 0 Å². The van der Waals surface area contributed by atoms with Gasteiger partial charge in [0.05, 0.1) is 12.2 Å². The van der Waals surface area contributed by atoms with E-state index in [9.17, 15) is 9.90 Å². The van der Waals surface area contributed by atoms with Gasteiger partial charge in [0.2, 0.25) is 5.91 Å². The maximum absolute atomic E-state index is 11.4. The second kappa shape index (κ2) is 3.46. The van der Waals surface area contributed by atoms with E-state index >= 15 is 0 Å². The van der Waals surface area contributed by atoms with Crippen LogP contribution in [0.25, 0.3) is 0 Å². The Balaban J connectivity index is 2.52. The Hall–Kier alpha value is -1.71. The van der Waals surface area contributed by atoms with E-state index in [1.165, 1.54) is 0 Å². The number of benzene rings is 1. The maximum atomic E-state index is 11.4. The van der Waals surface area contributed by atoms with Gasteiger partial charge in [0.25, 0.3) is 0 Å². The fourth-order valence-electron chi connectivity index (χ4n) is 1.80. The highest BCUT2D eigenvalue weighted by Crippen LogP contribution is 2.38. The van der Waals surface area contributed by atoms with E-state index in [-0.39, 0.29) is 17.7 Å². The van der Waals surface area contributed by atoms with E-state index in [1.807, 2.05) is 18.7 Å². The molecule has 0 bridgehead atoms. The minimum Gasteiger partial charge on any atom is -0.506 e. The lowest BCUT2D eigenvalue weighted by molar-refractivity contribution is -0.115. The molecule has 1 aliphatic heterocycles. The lowest BCUT2D eigenvalue weighted by atomic mass is 10.1. The molecule has 1 aromatic rings. The minimum atomic E-state index is -0.0400. The molecule has 0 spiro atoms. The summed E-state index contributed by atoms with van der Waals surface area (Å²) in [4.78, 5) is 13.3. The van der Waals surface area contributed by atoms with Crippen molar-refractivity contribution in [3.63, 3.8) is 0 Å². The van der Waals surface area contributed by atoms with Gasteiger partial charge in [-0.1, -0.05) is 6.07 Å². The Morgan fingerprint density at radius 2 is 2.20 bits per heavy atom. The lowest BCUT2D eigenvalue weighted by Gasteiger charge is -2.34. The monoisotopic (exact) mass is 206 g/mol. The highest BCUT2D eigenvalue weighted by atomic mass is 16.3. The standard InChI is InChI=1S/C11H14N2O2/c1-7(2)13-6-10(15)12-8-4-3-5-9(14)11(8)13/h3-5,7,14H,6H2,1-2H3,(H,12,15). The van der Waals surface area contributed by atoms with Gasteiger partial charge in [-0.3, -0.25) is 4.79 Å². The predicted octanol–water partition coefficient (Wildman–Crippen LogP) is 1.56. The molecule has 2 N–H and O–H groups in total. The average Bonchev–Trinajstić information content (AvgIpc) is 2.16. The summed E-state index contributed by atoms with van der Waals surface area (Å²) in [5.41, 5.74) is 1.40. The number of rotatable bonds is 1. The topological polar surface area (TPSA) is 52.6 Å². The zero-order valence-electron chi connectivity index (χ0n) is 8.82. The molecule has 1 aliphatic rings. The number of nitrogens with zero attached hydrogens (tertiary/aromatic N) is 1. The van der Waals surface area contributed by atoms with Crippen molar-refractivity contribution in [3.05, 3.63) is 18.2 Å². The first-order valence-electron chi connectivity index (χ1n) is 4.98. The molecule has 0 radical (unpaired) electrons. The predicted molar refractivity (Wildman–Crippen MR) is 59.2 cm³/mol. The van der Waals surface area contributed by atoms with Gasteiger partial charge in [0, 0.05) is 6.04 Å². The Labute approximate surface area is 88.5 Å². The molecule has 0 saturated heterocycles. The van der Waals surface area contributed by atoms with Crippen molar-refractivity contribution in [2.75, 3.05) is 16.8 Å². The molecule has 4 nitrogen and oxygen atoms in total. The van der Waals surface area contributed by atoms with E-state index in [0.717, 1.165) is 0 Å². The number of anilines is 2. The van der Waals surface area contributed by atoms with Crippen molar-refractivity contribution >= 4 is 17.3 Å². The third-order valence-electron chi connectivity index (χ3n) is 2.51. The summed E-state index contributed by atoms with van der Waals surface area (Å²) in [6, 6.07) is 5.33. The van der Waals surface area contributed by atoms with Crippen LogP contribution in [0.4, 0.5) is 11.4 Å². The van der Waals surface area contributed by atoms with Crippen LogP contribution in [0.1, 0.15) is 13.8 Å². The molecule has 0 aliphatic carbocycles. The summed E-state index contributed by atoms with van der Waals surface area (Å²) in [7, 11) is 0. The molecule has 1 aromatic carbocycles. The van der Waals surface area contributed by atoms with E-state index in [4.69, 9.17) is 0 Å². The fraction of sp³-hybridized carbons (Fsp3) is 0.364. The molecular weight excluding hydrogens is 192 g/mol. The van der Waals surface area contributed by atoms with Gasteiger partial charge >= 0.3 is 0 Å². The van der Waals surface area contributed by atoms with Crippen LogP contribution >= 0.6 is 0 Å². The van der Waals surface area contributed by atoms with Crippen molar-refractivity contribution in [1.82, 2.24) is 0 Å². The van der Waals surface area contributed by atoms with Gasteiger partial charge in [0.1, 0.15) is 11.4 Å². The third-order valence-corrected chi connectivity index (χ3v) is 2.51. The first-order valence-corrected chi connectivity index (χ1v) is 4.98. The molecular formula is C11H14N2O2. The van der Waals surface area contributed by atoms with Gasteiger partial charge in [0.15, 0.2) is 0 Å². The highest BCUT2D eigenvalue weighted by Gasteiger charge is 2.26. The largest absolute Gasteiger partial charge is 0.506 e. The number of para-hydroxylation sites is 1. The van der Waals surface area contributed by atoms with Crippen molar-refractivity contribution in [2.24, 2.45) is 0 Å². The number of aromatic hydroxyl groups is 1. The Kier molecular flexibility index (Phi) is 2.26. The molecule has 2 rings (SSSR count). The summed E-state index contributed by atoms with van der Waals surface area (Å²) in [6.45, 7) is 4.28. The lowest BCUT2D eigenvalue weighted by Crippen LogP contribution is -2.42. The van der Waals surface area contributed by atoms with Gasteiger partial charge in [-0.2, -0.15) is 0 Å². The summed E-state index contributed by atoms with van der Waals surface area (Å²) in [5, 5.41) is 12.5. The normalized spacial score (nSPS) is 15.1. The van der Waals surface area contributed by atoms with Crippen LogP contribution in [-0.4, -0.2) is 23.6 Å². The van der Waals surface area contributed by atoms with E-state index < -0.39 is 0 Å². The van der Waals surface area contributed by atoms with Crippen LogP contribution in [0.3, 0.4) is 0 Å². The first kappa shape index (κ1) is 9.83. The number of amides is 1. The minimum absolute atomic E-state index is 0.0400. The Bertz CT molecular complexity index is 402. The second-order valence-corrected chi connectivity index (χ2v) is 3.94. The number of phenolic OH excluding ortho intramolecular Hbond substituents is 1. The maximum Gasteiger partial charge on any atom is 0.243 e. The van der Waals surface area contributed by atoms with Crippen LogP contribution in [0, 0.1) is 0 Å². The third kappa shape index (κ3) is 1.63. The zero-order valence-corrected chi connectivity index (χ0v) is 8.82. The highest BCUT2D eigenvalue weighted by molar-refractivity contribution is 6.02.